The Kier molecular flexibility index (Phi) is 4.94. The Bertz CT molecular complexity index is 466. The summed E-state index contributed by atoms with van der Waals surface area (Å²) < 4.78 is 1.59. The summed E-state index contributed by atoms with van der Waals surface area (Å²) in [6, 6.07) is 0. The highest BCUT2D eigenvalue weighted by Gasteiger charge is 2.25. The highest BCUT2D eigenvalue weighted by atomic mass is 16.6. The van der Waals surface area contributed by atoms with Crippen LogP contribution in [-0.4, -0.2) is 45.8 Å². The van der Waals surface area contributed by atoms with Gasteiger partial charge in [0.25, 0.3) is 0 Å². The number of rotatable bonds is 7. The van der Waals surface area contributed by atoms with Crippen LogP contribution in [0.4, 0.5) is 11.5 Å². The number of anilines is 1. The molecule has 1 fully saturated rings. The fourth-order valence-electron chi connectivity index (χ4n) is 2.70. The number of hydrogen-bond acceptors (Lipinski definition) is 5. The Morgan fingerprint density at radius 3 is 2.70 bits per heavy atom. The summed E-state index contributed by atoms with van der Waals surface area (Å²) in [6.45, 7) is 5.91. The lowest BCUT2D eigenvalue weighted by molar-refractivity contribution is -0.384. The average molecular weight is 281 g/mol. The molecule has 2 heterocycles. The van der Waals surface area contributed by atoms with Crippen molar-refractivity contribution >= 4 is 11.5 Å². The molecule has 1 aromatic rings. The predicted molar refractivity (Wildman–Crippen MR) is 78.0 cm³/mol. The molecule has 0 spiro atoms. The normalized spacial score (nSPS) is 15.7. The van der Waals surface area contributed by atoms with E-state index >= 15 is 0 Å². The van der Waals surface area contributed by atoms with E-state index in [2.05, 4.69) is 15.3 Å². The third-order valence-electron chi connectivity index (χ3n) is 3.68. The number of hydrogen-bond donors (Lipinski definition) is 1. The van der Waals surface area contributed by atoms with E-state index in [0.29, 0.717) is 24.5 Å². The van der Waals surface area contributed by atoms with Gasteiger partial charge in [-0.1, -0.05) is 13.3 Å². The van der Waals surface area contributed by atoms with Crippen molar-refractivity contribution in [2.24, 2.45) is 7.05 Å². The Morgan fingerprint density at radius 1 is 1.40 bits per heavy atom. The molecule has 20 heavy (non-hydrogen) atoms. The van der Waals surface area contributed by atoms with Gasteiger partial charge in [-0.25, -0.2) is 4.68 Å². The van der Waals surface area contributed by atoms with Crippen LogP contribution in [0.5, 0.6) is 0 Å². The van der Waals surface area contributed by atoms with Crippen LogP contribution in [0, 0.1) is 10.1 Å². The Balaban J connectivity index is 2.03. The molecule has 0 aromatic carbocycles. The minimum absolute atomic E-state index is 0.135. The Labute approximate surface area is 119 Å². The number of nitrogens with one attached hydrogen (secondary N) is 1. The lowest BCUT2D eigenvalue weighted by atomic mass is 10.2. The molecule has 2 rings (SSSR count). The number of nitro groups is 1. The van der Waals surface area contributed by atoms with Gasteiger partial charge in [0, 0.05) is 20.1 Å². The van der Waals surface area contributed by atoms with E-state index in [1.54, 1.807) is 11.7 Å². The maximum Gasteiger partial charge on any atom is 0.333 e. The zero-order chi connectivity index (χ0) is 14.5. The topological polar surface area (TPSA) is 76.2 Å². The summed E-state index contributed by atoms with van der Waals surface area (Å²) in [4.78, 5) is 13.3. The SMILES string of the molecule is CCCc1nn(C)c(NCCN2CCCC2)c1[N+](=O)[O-]. The first kappa shape index (κ1) is 14.8. The van der Waals surface area contributed by atoms with E-state index in [-0.39, 0.29) is 10.6 Å². The first-order valence-electron chi connectivity index (χ1n) is 7.30. The van der Waals surface area contributed by atoms with Crippen molar-refractivity contribution in [1.29, 1.82) is 0 Å². The van der Waals surface area contributed by atoms with Crippen LogP contribution < -0.4 is 5.32 Å². The molecule has 0 amide bonds. The molecule has 0 atom stereocenters. The van der Waals surface area contributed by atoms with Crippen LogP contribution in [-0.2, 0) is 13.5 Å². The van der Waals surface area contributed by atoms with Gasteiger partial charge in [-0.15, -0.1) is 0 Å². The third kappa shape index (κ3) is 3.27. The monoisotopic (exact) mass is 281 g/mol. The van der Waals surface area contributed by atoms with Gasteiger partial charge in [0.2, 0.25) is 5.82 Å². The van der Waals surface area contributed by atoms with Gasteiger partial charge < -0.3 is 10.2 Å². The molecule has 7 nitrogen and oxygen atoms in total. The van der Waals surface area contributed by atoms with E-state index in [0.717, 1.165) is 26.1 Å². The van der Waals surface area contributed by atoms with E-state index in [4.69, 9.17) is 0 Å². The molecule has 0 saturated carbocycles. The third-order valence-corrected chi connectivity index (χ3v) is 3.68. The second-order valence-corrected chi connectivity index (χ2v) is 5.25. The van der Waals surface area contributed by atoms with Crippen molar-refractivity contribution in [3.05, 3.63) is 15.8 Å². The fraction of sp³-hybridized carbons (Fsp3) is 0.769. The van der Waals surface area contributed by atoms with Gasteiger partial charge >= 0.3 is 5.69 Å². The van der Waals surface area contributed by atoms with Crippen molar-refractivity contribution < 1.29 is 4.92 Å². The van der Waals surface area contributed by atoms with Crippen molar-refractivity contribution in [2.45, 2.75) is 32.6 Å². The average Bonchev–Trinajstić information content (AvgIpc) is 2.99. The van der Waals surface area contributed by atoms with Gasteiger partial charge in [0.1, 0.15) is 5.69 Å². The number of nitrogens with zero attached hydrogens (tertiary/aromatic N) is 4. The molecular formula is C13H23N5O2. The quantitative estimate of drug-likeness (QED) is 0.609. The van der Waals surface area contributed by atoms with Crippen LogP contribution in [0.25, 0.3) is 0 Å². The second kappa shape index (κ2) is 6.69. The summed E-state index contributed by atoms with van der Waals surface area (Å²) in [5, 5.41) is 18.7. The lowest BCUT2D eigenvalue weighted by Gasteiger charge is -2.14. The smallest absolute Gasteiger partial charge is 0.333 e. The molecule has 1 aliphatic rings. The maximum absolute atomic E-state index is 11.3. The van der Waals surface area contributed by atoms with Crippen LogP contribution in [0.3, 0.4) is 0 Å². The second-order valence-electron chi connectivity index (χ2n) is 5.25. The van der Waals surface area contributed by atoms with Gasteiger partial charge in [-0.3, -0.25) is 10.1 Å². The molecule has 0 bridgehead atoms. The number of aryl methyl sites for hydroxylation is 2. The van der Waals surface area contributed by atoms with Crippen LogP contribution in [0.2, 0.25) is 0 Å². The van der Waals surface area contributed by atoms with E-state index < -0.39 is 0 Å². The molecular weight excluding hydrogens is 258 g/mol. The highest BCUT2D eigenvalue weighted by Crippen LogP contribution is 2.28. The molecule has 1 aliphatic heterocycles. The van der Waals surface area contributed by atoms with Gasteiger partial charge in [-0.05, 0) is 32.4 Å². The van der Waals surface area contributed by atoms with Crippen LogP contribution in [0.15, 0.2) is 0 Å². The number of likely N-dealkylation sites (tertiary alicyclic amines) is 1. The fourth-order valence-corrected chi connectivity index (χ4v) is 2.70. The summed E-state index contributed by atoms with van der Waals surface area (Å²) in [5.74, 6) is 0.526. The zero-order valence-corrected chi connectivity index (χ0v) is 12.3. The van der Waals surface area contributed by atoms with Gasteiger partial charge in [-0.2, -0.15) is 5.10 Å². The van der Waals surface area contributed by atoms with E-state index in [9.17, 15) is 10.1 Å². The Morgan fingerprint density at radius 2 is 2.10 bits per heavy atom. The Hall–Kier alpha value is -1.63. The minimum atomic E-state index is -0.323. The van der Waals surface area contributed by atoms with Crippen molar-refractivity contribution in [1.82, 2.24) is 14.7 Å². The van der Waals surface area contributed by atoms with Crippen molar-refractivity contribution in [3.8, 4) is 0 Å². The van der Waals surface area contributed by atoms with Crippen molar-refractivity contribution in [3.63, 3.8) is 0 Å². The first-order chi connectivity index (χ1) is 9.63. The first-order valence-corrected chi connectivity index (χ1v) is 7.30. The van der Waals surface area contributed by atoms with Gasteiger partial charge in [0.05, 0.1) is 4.92 Å². The van der Waals surface area contributed by atoms with Gasteiger partial charge in [0.15, 0.2) is 0 Å². The standard InChI is InChI=1S/C13H23N5O2/c1-3-6-11-12(18(19)20)13(16(2)15-11)14-7-10-17-8-4-5-9-17/h14H,3-10H2,1-2H3. The van der Waals surface area contributed by atoms with Crippen LogP contribution >= 0.6 is 0 Å². The summed E-state index contributed by atoms with van der Waals surface area (Å²) in [6.07, 6.45) is 4.00. The molecule has 112 valence electrons. The molecule has 7 heteroatoms. The zero-order valence-electron chi connectivity index (χ0n) is 12.3. The van der Waals surface area contributed by atoms with E-state index in [1.165, 1.54) is 12.8 Å². The van der Waals surface area contributed by atoms with Crippen LogP contribution in [0.1, 0.15) is 31.9 Å². The molecule has 1 saturated heterocycles. The van der Waals surface area contributed by atoms with Crippen molar-refractivity contribution in [2.75, 3.05) is 31.5 Å². The molecule has 1 N–H and O–H groups in total. The maximum atomic E-state index is 11.3. The predicted octanol–water partition coefficient (Wildman–Crippen LogP) is 1.79. The molecule has 1 aromatic heterocycles. The number of aromatic nitrogens is 2. The molecule has 0 aliphatic carbocycles. The summed E-state index contributed by atoms with van der Waals surface area (Å²) in [7, 11) is 1.75. The summed E-state index contributed by atoms with van der Waals surface area (Å²) >= 11 is 0. The highest BCUT2D eigenvalue weighted by molar-refractivity contribution is 5.59. The lowest BCUT2D eigenvalue weighted by Crippen LogP contribution is -2.26. The summed E-state index contributed by atoms with van der Waals surface area (Å²) in [5.41, 5.74) is 0.708. The van der Waals surface area contributed by atoms with E-state index in [1.807, 2.05) is 6.92 Å². The minimum Gasteiger partial charge on any atom is -0.363 e. The molecule has 0 unspecified atom stereocenters. The largest absolute Gasteiger partial charge is 0.363 e. The molecule has 0 radical (unpaired) electrons.